The van der Waals surface area contributed by atoms with Crippen molar-refractivity contribution < 1.29 is 23.0 Å². The summed E-state index contributed by atoms with van der Waals surface area (Å²) >= 11 is 0. The lowest BCUT2D eigenvalue weighted by atomic mass is 10.1. The van der Waals surface area contributed by atoms with Gasteiger partial charge < -0.3 is 19.1 Å². The van der Waals surface area contributed by atoms with Crippen molar-refractivity contribution in [2.45, 2.75) is 20.1 Å². The fraction of sp³-hybridized carbons (Fsp3) is 0.312. The molecular weight excluding hydrogens is 306 g/mol. The van der Waals surface area contributed by atoms with Crippen molar-refractivity contribution in [3.05, 3.63) is 41.6 Å². The molecule has 0 aliphatic carbocycles. The summed E-state index contributed by atoms with van der Waals surface area (Å²) in [6, 6.07) is 8.73. The van der Waals surface area contributed by atoms with E-state index in [0.717, 1.165) is 11.5 Å². The minimum atomic E-state index is -2.91. The predicted molar refractivity (Wildman–Crippen MR) is 80.3 cm³/mol. The molecule has 2 heterocycles. The van der Waals surface area contributed by atoms with Crippen molar-refractivity contribution in [2.24, 2.45) is 0 Å². The minimum absolute atomic E-state index is 0.0716. The van der Waals surface area contributed by atoms with E-state index in [2.05, 4.69) is 9.72 Å². The number of ether oxygens (including phenoxy) is 3. The zero-order chi connectivity index (χ0) is 16.4. The smallest absolute Gasteiger partial charge is 0.387 e. The SMILES string of the molecule is Cc1cccc(N(C)Cc2cc3c(cc2OC(F)F)OCO3)n1. The maximum atomic E-state index is 12.6. The van der Waals surface area contributed by atoms with Gasteiger partial charge >= 0.3 is 6.61 Å². The summed E-state index contributed by atoms with van der Waals surface area (Å²) in [5.41, 5.74) is 1.45. The number of hydrogen-bond donors (Lipinski definition) is 0. The summed E-state index contributed by atoms with van der Waals surface area (Å²) in [5, 5.41) is 0. The molecule has 1 aromatic carbocycles. The predicted octanol–water partition coefficient (Wildman–Crippen LogP) is 3.36. The van der Waals surface area contributed by atoms with Gasteiger partial charge in [0.2, 0.25) is 6.79 Å². The monoisotopic (exact) mass is 322 g/mol. The Kier molecular flexibility index (Phi) is 4.18. The van der Waals surface area contributed by atoms with Gasteiger partial charge in [-0.05, 0) is 25.1 Å². The molecule has 0 N–H and O–H groups in total. The average molecular weight is 322 g/mol. The highest BCUT2D eigenvalue weighted by atomic mass is 19.3. The molecule has 2 aromatic rings. The van der Waals surface area contributed by atoms with E-state index in [0.29, 0.717) is 23.6 Å². The maximum Gasteiger partial charge on any atom is 0.387 e. The number of hydrogen-bond acceptors (Lipinski definition) is 5. The lowest BCUT2D eigenvalue weighted by Gasteiger charge is -2.20. The maximum absolute atomic E-state index is 12.6. The second kappa shape index (κ2) is 6.28. The van der Waals surface area contributed by atoms with Crippen molar-refractivity contribution >= 4 is 5.82 Å². The molecule has 1 aliphatic rings. The summed E-state index contributed by atoms with van der Waals surface area (Å²) in [6.45, 7) is -0.600. The topological polar surface area (TPSA) is 43.8 Å². The quantitative estimate of drug-likeness (QED) is 0.844. The number of anilines is 1. The van der Waals surface area contributed by atoms with E-state index in [-0.39, 0.29) is 12.5 Å². The van der Waals surface area contributed by atoms with Gasteiger partial charge in [0.25, 0.3) is 0 Å². The van der Waals surface area contributed by atoms with Gasteiger partial charge in [-0.15, -0.1) is 0 Å². The second-order valence-corrected chi connectivity index (χ2v) is 5.18. The number of nitrogens with zero attached hydrogens (tertiary/aromatic N) is 2. The van der Waals surface area contributed by atoms with Crippen LogP contribution in [0.4, 0.5) is 14.6 Å². The normalized spacial score (nSPS) is 12.6. The molecule has 0 amide bonds. The number of aryl methyl sites for hydroxylation is 1. The molecule has 122 valence electrons. The molecular formula is C16H16F2N2O3. The number of pyridine rings is 1. The summed E-state index contributed by atoms with van der Waals surface area (Å²) in [5.74, 6) is 1.74. The van der Waals surface area contributed by atoms with Gasteiger partial charge in [-0.25, -0.2) is 4.98 Å². The number of aromatic nitrogens is 1. The van der Waals surface area contributed by atoms with Crippen LogP contribution in [-0.4, -0.2) is 25.4 Å². The van der Waals surface area contributed by atoms with E-state index in [1.165, 1.54) is 6.07 Å². The average Bonchev–Trinajstić information content (AvgIpc) is 2.94. The van der Waals surface area contributed by atoms with Gasteiger partial charge in [0, 0.05) is 30.9 Å². The molecule has 0 radical (unpaired) electrons. The molecule has 0 atom stereocenters. The lowest BCUT2D eigenvalue weighted by molar-refractivity contribution is -0.0505. The molecule has 0 saturated carbocycles. The van der Waals surface area contributed by atoms with Crippen LogP contribution in [-0.2, 0) is 6.54 Å². The number of halogens is 2. The van der Waals surface area contributed by atoms with Crippen LogP contribution in [0.2, 0.25) is 0 Å². The van der Waals surface area contributed by atoms with Crippen LogP contribution in [0.3, 0.4) is 0 Å². The second-order valence-electron chi connectivity index (χ2n) is 5.18. The van der Waals surface area contributed by atoms with E-state index in [4.69, 9.17) is 9.47 Å². The van der Waals surface area contributed by atoms with Crippen molar-refractivity contribution in [2.75, 3.05) is 18.7 Å². The molecule has 0 fully saturated rings. The summed E-state index contributed by atoms with van der Waals surface area (Å²) in [4.78, 5) is 6.26. The van der Waals surface area contributed by atoms with Crippen LogP contribution in [0, 0.1) is 6.92 Å². The highest BCUT2D eigenvalue weighted by Crippen LogP contribution is 2.39. The van der Waals surface area contributed by atoms with Crippen molar-refractivity contribution in [3.63, 3.8) is 0 Å². The molecule has 1 aromatic heterocycles. The van der Waals surface area contributed by atoms with Gasteiger partial charge in [0.1, 0.15) is 11.6 Å². The minimum Gasteiger partial charge on any atom is -0.454 e. The first kappa shape index (κ1) is 15.3. The van der Waals surface area contributed by atoms with E-state index in [9.17, 15) is 8.78 Å². The Morgan fingerprint density at radius 2 is 2.00 bits per heavy atom. The molecule has 5 nitrogen and oxygen atoms in total. The van der Waals surface area contributed by atoms with E-state index >= 15 is 0 Å². The lowest BCUT2D eigenvalue weighted by Crippen LogP contribution is -2.19. The molecule has 3 rings (SSSR count). The molecule has 23 heavy (non-hydrogen) atoms. The van der Waals surface area contributed by atoms with Crippen molar-refractivity contribution in [1.82, 2.24) is 4.98 Å². The number of alkyl halides is 2. The molecule has 7 heteroatoms. The van der Waals surface area contributed by atoms with Crippen LogP contribution in [0.15, 0.2) is 30.3 Å². The Balaban J connectivity index is 1.88. The fourth-order valence-corrected chi connectivity index (χ4v) is 2.37. The van der Waals surface area contributed by atoms with Crippen LogP contribution in [0.5, 0.6) is 17.2 Å². The first-order chi connectivity index (χ1) is 11.0. The largest absolute Gasteiger partial charge is 0.454 e. The molecule has 0 unspecified atom stereocenters. The standard InChI is InChI=1S/C16H16F2N2O3/c1-10-4-3-5-15(19-10)20(2)8-11-6-13-14(22-9-21-13)7-12(11)23-16(17)18/h3-7,16H,8-9H2,1-2H3. The van der Waals surface area contributed by atoms with Crippen molar-refractivity contribution in [1.29, 1.82) is 0 Å². The Labute approximate surface area is 132 Å². The van der Waals surface area contributed by atoms with E-state index in [1.807, 2.05) is 37.1 Å². The first-order valence-electron chi connectivity index (χ1n) is 7.05. The Hall–Kier alpha value is -2.57. The van der Waals surface area contributed by atoms with Gasteiger partial charge in [0.15, 0.2) is 11.5 Å². The third-order valence-electron chi connectivity index (χ3n) is 3.44. The fourth-order valence-electron chi connectivity index (χ4n) is 2.37. The third-order valence-corrected chi connectivity index (χ3v) is 3.44. The Morgan fingerprint density at radius 3 is 2.70 bits per heavy atom. The summed E-state index contributed by atoms with van der Waals surface area (Å²) in [6.07, 6.45) is 0. The van der Waals surface area contributed by atoms with Crippen LogP contribution >= 0.6 is 0 Å². The number of benzene rings is 1. The van der Waals surface area contributed by atoms with Crippen molar-refractivity contribution in [3.8, 4) is 17.2 Å². The Morgan fingerprint density at radius 1 is 1.26 bits per heavy atom. The zero-order valence-corrected chi connectivity index (χ0v) is 12.8. The van der Waals surface area contributed by atoms with Crippen LogP contribution < -0.4 is 19.1 Å². The number of rotatable bonds is 5. The van der Waals surface area contributed by atoms with Crippen LogP contribution in [0.25, 0.3) is 0 Å². The molecule has 0 saturated heterocycles. The highest BCUT2D eigenvalue weighted by Gasteiger charge is 2.21. The zero-order valence-electron chi connectivity index (χ0n) is 12.8. The van der Waals surface area contributed by atoms with Gasteiger partial charge in [-0.2, -0.15) is 8.78 Å². The van der Waals surface area contributed by atoms with Gasteiger partial charge in [0.05, 0.1) is 0 Å². The van der Waals surface area contributed by atoms with E-state index in [1.54, 1.807) is 6.07 Å². The molecule has 0 spiro atoms. The molecule has 0 bridgehead atoms. The molecule has 1 aliphatic heterocycles. The summed E-state index contributed by atoms with van der Waals surface area (Å²) in [7, 11) is 1.83. The van der Waals surface area contributed by atoms with E-state index < -0.39 is 6.61 Å². The number of fused-ring (bicyclic) bond motifs is 1. The highest BCUT2D eigenvalue weighted by molar-refractivity contribution is 5.53. The Bertz CT molecular complexity index is 710. The third kappa shape index (κ3) is 3.44. The first-order valence-corrected chi connectivity index (χ1v) is 7.05. The summed E-state index contributed by atoms with van der Waals surface area (Å²) < 4.78 is 40.4. The van der Waals surface area contributed by atoms with Gasteiger partial charge in [-0.1, -0.05) is 6.07 Å². The van der Waals surface area contributed by atoms with Crippen LogP contribution in [0.1, 0.15) is 11.3 Å². The van der Waals surface area contributed by atoms with Gasteiger partial charge in [-0.3, -0.25) is 0 Å².